The highest BCUT2D eigenvalue weighted by Gasteiger charge is 2.22. The number of nitro benzene ring substituents is 1. The molecule has 10 nitrogen and oxygen atoms in total. The average molecular weight is 441 g/mol. The summed E-state index contributed by atoms with van der Waals surface area (Å²) in [7, 11) is 1.38. The number of aromatic amines is 1. The lowest BCUT2D eigenvalue weighted by atomic mass is 10.1. The van der Waals surface area contributed by atoms with Crippen molar-refractivity contribution in [1.82, 2.24) is 14.9 Å². The number of methoxy groups -OCH3 is 1. The Morgan fingerprint density at radius 2 is 2.06 bits per heavy atom. The average Bonchev–Trinajstić information content (AvgIpc) is 2.75. The van der Waals surface area contributed by atoms with Gasteiger partial charge in [-0.15, -0.1) is 0 Å². The first-order valence-electron chi connectivity index (χ1n) is 9.08. The molecule has 0 aliphatic rings. The number of hydrogen-bond donors (Lipinski definition) is 1. The topological polar surface area (TPSA) is 125 Å². The van der Waals surface area contributed by atoms with Crippen LogP contribution in [0.4, 0.5) is 5.69 Å². The van der Waals surface area contributed by atoms with E-state index in [-0.39, 0.29) is 34.3 Å². The molecular weight excluding hydrogens is 422 g/mol. The summed E-state index contributed by atoms with van der Waals surface area (Å²) in [6, 6.07) is 10.4. The van der Waals surface area contributed by atoms with Crippen molar-refractivity contribution in [2.24, 2.45) is 5.10 Å². The molecule has 160 valence electrons. The van der Waals surface area contributed by atoms with Crippen molar-refractivity contribution in [2.45, 2.75) is 20.5 Å². The van der Waals surface area contributed by atoms with Crippen molar-refractivity contribution in [2.75, 3.05) is 7.11 Å². The van der Waals surface area contributed by atoms with Crippen LogP contribution in [0.5, 0.6) is 11.5 Å². The molecule has 0 radical (unpaired) electrons. The number of nitro groups is 1. The van der Waals surface area contributed by atoms with E-state index in [0.29, 0.717) is 5.56 Å². The Hall–Kier alpha value is -3.86. The molecule has 0 fully saturated rings. The zero-order chi connectivity index (χ0) is 22.5. The Labute approximate surface area is 181 Å². The monoisotopic (exact) mass is 441 g/mol. The molecule has 0 saturated heterocycles. The van der Waals surface area contributed by atoms with Crippen molar-refractivity contribution in [3.05, 3.63) is 84.0 Å². The second kappa shape index (κ2) is 9.30. The molecule has 0 bridgehead atoms. The van der Waals surface area contributed by atoms with Gasteiger partial charge in [-0.2, -0.15) is 14.9 Å². The Kier molecular flexibility index (Phi) is 6.55. The summed E-state index contributed by atoms with van der Waals surface area (Å²) >= 11 is 5.02. The van der Waals surface area contributed by atoms with Crippen LogP contribution in [0.25, 0.3) is 0 Å². The number of nitrogens with one attached hydrogen (secondary N) is 1. The molecule has 3 aromatic rings. The summed E-state index contributed by atoms with van der Waals surface area (Å²) in [5.41, 5.74) is 1.60. The molecule has 0 aliphatic heterocycles. The molecule has 0 atom stereocenters. The molecule has 0 aliphatic carbocycles. The van der Waals surface area contributed by atoms with E-state index in [2.05, 4.69) is 15.3 Å². The Bertz CT molecular complexity index is 1280. The van der Waals surface area contributed by atoms with E-state index in [1.165, 1.54) is 32.4 Å². The van der Waals surface area contributed by atoms with Crippen LogP contribution < -0.4 is 15.0 Å². The maximum absolute atomic E-state index is 12.2. The standard InChI is InChI=1S/C20H19N5O5S/c1-12-6-4-5-7-15(12)11-30-18-16(25(27)28)8-14(9-17(18)29-3)10-21-24-19(26)13(2)22-23-20(24)31/h4-10H,11H2,1-3H3,(H,23,31)/b21-10-. The van der Waals surface area contributed by atoms with Gasteiger partial charge in [0.1, 0.15) is 12.3 Å². The predicted molar refractivity (Wildman–Crippen MR) is 117 cm³/mol. The molecular formula is C20H19N5O5S. The lowest BCUT2D eigenvalue weighted by molar-refractivity contribution is -0.386. The number of ether oxygens (including phenoxy) is 2. The molecule has 1 aromatic heterocycles. The van der Waals surface area contributed by atoms with Gasteiger partial charge in [0, 0.05) is 11.6 Å². The van der Waals surface area contributed by atoms with Crippen LogP contribution in [0.1, 0.15) is 22.4 Å². The van der Waals surface area contributed by atoms with E-state index in [4.69, 9.17) is 21.7 Å². The van der Waals surface area contributed by atoms with Crippen LogP contribution in [0, 0.1) is 28.7 Å². The van der Waals surface area contributed by atoms with Crippen LogP contribution in [-0.2, 0) is 6.61 Å². The van der Waals surface area contributed by atoms with Gasteiger partial charge in [-0.3, -0.25) is 20.0 Å². The SMILES string of the molecule is COc1cc(/C=N\n2c(=S)[nH]nc(C)c2=O)cc([N+](=O)[O-])c1OCc1ccccc1C. The molecule has 1 heterocycles. The normalized spacial score (nSPS) is 10.9. The van der Waals surface area contributed by atoms with E-state index in [9.17, 15) is 14.9 Å². The zero-order valence-electron chi connectivity index (χ0n) is 17.0. The smallest absolute Gasteiger partial charge is 0.315 e. The maximum Gasteiger partial charge on any atom is 0.315 e. The van der Waals surface area contributed by atoms with Gasteiger partial charge in [0.2, 0.25) is 10.5 Å². The van der Waals surface area contributed by atoms with Gasteiger partial charge in [-0.1, -0.05) is 24.3 Å². The third-order valence-electron chi connectivity index (χ3n) is 4.44. The second-order valence-electron chi connectivity index (χ2n) is 6.52. The summed E-state index contributed by atoms with van der Waals surface area (Å²) in [5.74, 6) is 0.162. The zero-order valence-corrected chi connectivity index (χ0v) is 17.8. The number of nitrogens with zero attached hydrogens (tertiary/aromatic N) is 4. The van der Waals surface area contributed by atoms with Gasteiger partial charge in [0.05, 0.1) is 18.2 Å². The fraction of sp³-hybridized carbons (Fsp3) is 0.200. The lowest BCUT2D eigenvalue weighted by Gasteiger charge is -2.13. The van der Waals surface area contributed by atoms with E-state index >= 15 is 0 Å². The number of aromatic nitrogens is 3. The highest BCUT2D eigenvalue weighted by molar-refractivity contribution is 7.71. The molecule has 31 heavy (non-hydrogen) atoms. The third kappa shape index (κ3) is 4.83. The first-order chi connectivity index (χ1) is 14.8. The fourth-order valence-corrected chi connectivity index (χ4v) is 2.91. The first-order valence-corrected chi connectivity index (χ1v) is 9.49. The van der Waals surface area contributed by atoms with Gasteiger partial charge in [-0.05, 0) is 43.3 Å². The van der Waals surface area contributed by atoms with Gasteiger partial charge >= 0.3 is 5.69 Å². The van der Waals surface area contributed by atoms with Crippen LogP contribution in [0.3, 0.4) is 0 Å². The van der Waals surface area contributed by atoms with Crippen LogP contribution >= 0.6 is 12.2 Å². The summed E-state index contributed by atoms with van der Waals surface area (Å²) < 4.78 is 12.0. The first kappa shape index (κ1) is 21.8. The Morgan fingerprint density at radius 1 is 1.32 bits per heavy atom. The summed E-state index contributed by atoms with van der Waals surface area (Å²) in [4.78, 5) is 23.3. The predicted octanol–water partition coefficient (Wildman–Crippen LogP) is 3.30. The largest absolute Gasteiger partial charge is 0.493 e. The van der Waals surface area contributed by atoms with E-state index < -0.39 is 10.5 Å². The van der Waals surface area contributed by atoms with Crippen molar-refractivity contribution in [3.8, 4) is 11.5 Å². The molecule has 0 unspecified atom stereocenters. The number of aryl methyl sites for hydroxylation is 2. The van der Waals surface area contributed by atoms with Gasteiger partial charge in [0.15, 0.2) is 5.75 Å². The minimum atomic E-state index is -0.567. The third-order valence-corrected chi connectivity index (χ3v) is 4.71. The minimum Gasteiger partial charge on any atom is -0.493 e. The molecule has 3 rings (SSSR count). The molecule has 0 spiro atoms. The van der Waals surface area contributed by atoms with Gasteiger partial charge in [0.25, 0.3) is 5.56 Å². The van der Waals surface area contributed by atoms with Crippen molar-refractivity contribution < 1.29 is 14.4 Å². The van der Waals surface area contributed by atoms with Crippen LogP contribution in [0.15, 0.2) is 46.3 Å². The molecule has 0 amide bonds. The minimum absolute atomic E-state index is 0.00196. The van der Waals surface area contributed by atoms with Gasteiger partial charge < -0.3 is 9.47 Å². The highest BCUT2D eigenvalue weighted by atomic mass is 32.1. The number of rotatable bonds is 7. The number of hydrogen-bond acceptors (Lipinski definition) is 8. The summed E-state index contributed by atoms with van der Waals surface area (Å²) in [6.45, 7) is 3.57. The quantitative estimate of drug-likeness (QED) is 0.258. The van der Waals surface area contributed by atoms with Gasteiger partial charge in [-0.25, -0.2) is 0 Å². The molecule has 0 saturated carbocycles. The van der Waals surface area contributed by atoms with Crippen LogP contribution in [-0.4, -0.2) is 33.1 Å². The highest BCUT2D eigenvalue weighted by Crippen LogP contribution is 2.38. The lowest BCUT2D eigenvalue weighted by Crippen LogP contribution is -2.22. The Morgan fingerprint density at radius 3 is 2.74 bits per heavy atom. The van der Waals surface area contributed by atoms with E-state index in [1.54, 1.807) is 0 Å². The molecule has 1 N–H and O–H groups in total. The fourth-order valence-electron chi connectivity index (χ4n) is 2.74. The molecule has 11 heteroatoms. The number of benzene rings is 2. The Balaban J connectivity index is 1.99. The van der Waals surface area contributed by atoms with E-state index in [1.807, 2.05) is 31.2 Å². The van der Waals surface area contributed by atoms with Crippen LogP contribution in [0.2, 0.25) is 0 Å². The van der Waals surface area contributed by atoms with Crippen molar-refractivity contribution in [1.29, 1.82) is 0 Å². The second-order valence-corrected chi connectivity index (χ2v) is 6.91. The van der Waals surface area contributed by atoms with Crippen molar-refractivity contribution >= 4 is 24.1 Å². The number of H-pyrrole nitrogens is 1. The summed E-state index contributed by atoms with van der Waals surface area (Å²) in [5, 5.41) is 22.0. The maximum atomic E-state index is 12.2. The van der Waals surface area contributed by atoms with E-state index in [0.717, 1.165) is 15.8 Å². The van der Waals surface area contributed by atoms with Crippen molar-refractivity contribution in [3.63, 3.8) is 0 Å². The summed E-state index contributed by atoms with van der Waals surface area (Å²) in [6.07, 6.45) is 1.27. The molecule has 2 aromatic carbocycles.